The molecule has 2 aromatic carbocycles. The van der Waals surface area contributed by atoms with E-state index in [-0.39, 0.29) is 5.82 Å². The first-order valence-electron chi connectivity index (χ1n) is 8.92. The van der Waals surface area contributed by atoms with Crippen molar-refractivity contribution in [2.75, 3.05) is 31.1 Å². The normalized spacial score (nSPS) is 15.4. The summed E-state index contributed by atoms with van der Waals surface area (Å²) in [5.41, 5.74) is 4.70. The Morgan fingerprint density at radius 2 is 1.81 bits per heavy atom. The minimum absolute atomic E-state index is 0.180. The van der Waals surface area contributed by atoms with Gasteiger partial charge in [-0.25, -0.2) is 9.37 Å². The van der Waals surface area contributed by atoms with E-state index >= 15 is 0 Å². The molecule has 26 heavy (non-hydrogen) atoms. The van der Waals surface area contributed by atoms with Crippen LogP contribution in [0.25, 0.3) is 10.6 Å². The second-order valence-corrected chi connectivity index (χ2v) is 7.61. The molecule has 0 radical (unpaired) electrons. The number of thiazole rings is 1. The number of rotatable bonds is 4. The minimum Gasteiger partial charge on any atom is -0.369 e. The monoisotopic (exact) mass is 367 g/mol. The molecule has 0 atom stereocenters. The summed E-state index contributed by atoms with van der Waals surface area (Å²) in [5.74, 6) is -0.180. The zero-order chi connectivity index (χ0) is 17.9. The predicted molar refractivity (Wildman–Crippen MR) is 106 cm³/mol. The highest BCUT2D eigenvalue weighted by Crippen LogP contribution is 2.25. The van der Waals surface area contributed by atoms with E-state index in [4.69, 9.17) is 4.98 Å². The maximum atomic E-state index is 13.1. The topological polar surface area (TPSA) is 19.4 Å². The summed E-state index contributed by atoms with van der Waals surface area (Å²) in [7, 11) is 0. The molecular weight excluding hydrogens is 345 g/mol. The largest absolute Gasteiger partial charge is 0.369 e. The van der Waals surface area contributed by atoms with Crippen LogP contribution in [-0.2, 0) is 6.54 Å². The molecular formula is C21H22FN3S. The lowest BCUT2D eigenvalue weighted by Crippen LogP contribution is -2.46. The first-order chi connectivity index (χ1) is 12.7. The van der Waals surface area contributed by atoms with Gasteiger partial charge in [0, 0.05) is 49.4 Å². The number of anilines is 1. The van der Waals surface area contributed by atoms with Gasteiger partial charge in [0.25, 0.3) is 0 Å². The van der Waals surface area contributed by atoms with Crippen molar-refractivity contribution >= 4 is 17.0 Å². The lowest BCUT2D eigenvalue weighted by molar-refractivity contribution is 0.247. The van der Waals surface area contributed by atoms with Gasteiger partial charge in [-0.2, -0.15) is 0 Å². The summed E-state index contributed by atoms with van der Waals surface area (Å²) in [6.45, 7) is 6.91. The van der Waals surface area contributed by atoms with E-state index in [1.807, 2.05) is 12.1 Å². The van der Waals surface area contributed by atoms with E-state index in [1.54, 1.807) is 11.3 Å². The number of benzene rings is 2. The van der Waals surface area contributed by atoms with Gasteiger partial charge in [0.1, 0.15) is 10.8 Å². The Labute approximate surface area is 157 Å². The fourth-order valence-corrected chi connectivity index (χ4v) is 4.14. The molecule has 0 saturated carbocycles. The van der Waals surface area contributed by atoms with Crippen LogP contribution in [0, 0.1) is 12.7 Å². The van der Waals surface area contributed by atoms with Crippen LogP contribution >= 0.6 is 11.3 Å². The second kappa shape index (κ2) is 7.56. The molecule has 134 valence electrons. The van der Waals surface area contributed by atoms with Gasteiger partial charge in [-0.1, -0.05) is 23.8 Å². The molecule has 0 aliphatic carbocycles. The van der Waals surface area contributed by atoms with Crippen LogP contribution < -0.4 is 4.90 Å². The Balaban J connectivity index is 1.35. The van der Waals surface area contributed by atoms with Crippen molar-refractivity contribution in [3.63, 3.8) is 0 Å². The molecule has 1 aliphatic heterocycles. The Bertz CT molecular complexity index is 867. The minimum atomic E-state index is -0.180. The first kappa shape index (κ1) is 17.2. The number of aryl methyl sites for hydroxylation is 1. The maximum Gasteiger partial charge on any atom is 0.123 e. The van der Waals surface area contributed by atoms with Crippen molar-refractivity contribution in [1.82, 2.24) is 9.88 Å². The number of nitrogens with zero attached hydrogens (tertiary/aromatic N) is 3. The maximum absolute atomic E-state index is 13.1. The van der Waals surface area contributed by atoms with Crippen LogP contribution in [0.5, 0.6) is 0 Å². The van der Waals surface area contributed by atoms with Crippen molar-refractivity contribution < 1.29 is 4.39 Å². The van der Waals surface area contributed by atoms with Crippen LogP contribution in [0.1, 0.15) is 11.3 Å². The van der Waals surface area contributed by atoms with Gasteiger partial charge >= 0.3 is 0 Å². The fraction of sp³-hybridized carbons (Fsp3) is 0.286. The molecule has 4 rings (SSSR count). The molecule has 0 spiro atoms. The smallest absolute Gasteiger partial charge is 0.123 e. The third-order valence-corrected chi connectivity index (χ3v) is 5.71. The summed E-state index contributed by atoms with van der Waals surface area (Å²) < 4.78 is 13.1. The highest BCUT2D eigenvalue weighted by molar-refractivity contribution is 7.13. The number of hydrogen-bond acceptors (Lipinski definition) is 4. The molecule has 1 aliphatic rings. The van der Waals surface area contributed by atoms with E-state index in [1.165, 1.54) is 23.3 Å². The molecule has 1 fully saturated rings. The van der Waals surface area contributed by atoms with Crippen molar-refractivity contribution in [3.8, 4) is 10.6 Å². The number of piperazine rings is 1. The second-order valence-electron chi connectivity index (χ2n) is 6.75. The number of hydrogen-bond donors (Lipinski definition) is 0. The first-order valence-corrected chi connectivity index (χ1v) is 9.80. The lowest BCUT2D eigenvalue weighted by atomic mass is 10.1. The SMILES string of the molecule is Cc1cccc(-c2nc(CN3CCN(c4ccc(F)cc4)CC3)cs2)c1. The van der Waals surface area contributed by atoms with Crippen LogP contribution in [-0.4, -0.2) is 36.1 Å². The molecule has 0 unspecified atom stereocenters. The molecule has 1 aromatic heterocycles. The molecule has 1 saturated heterocycles. The van der Waals surface area contributed by atoms with Crippen molar-refractivity contribution in [1.29, 1.82) is 0 Å². The van der Waals surface area contributed by atoms with E-state index < -0.39 is 0 Å². The standard InChI is InChI=1S/C21H22FN3S/c1-16-3-2-4-17(13-16)21-23-19(15-26-21)14-24-9-11-25(12-10-24)20-7-5-18(22)6-8-20/h2-8,13,15H,9-12,14H2,1H3. The average Bonchev–Trinajstić information content (AvgIpc) is 3.12. The quantitative estimate of drug-likeness (QED) is 0.673. The summed E-state index contributed by atoms with van der Waals surface area (Å²) in [4.78, 5) is 9.58. The molecule has 0 bridgehead atoms. The lowest BCUT2D eigenvalue weighted by Gasteiger charge is -2.35. The van der Waals surface area contributed by atoms with Crippen LogP contribution in [0.15, 0.2) is 53.9 Å². The van der Waals surface area contributed by atoms with Gasteiger partial charge in [0.15, 0.2) is 0 Å². The van der Waals surface area contributed by atoms with Crippen molar-refractivity contribution in [2.24, 2.45) is 0 Å². The van der Waals surface area contributed by atoms with E-state index in [0.717, 1.165) is 49.1 Å². The van der Waals surface area contributed by atoms with E-state index in [0.29, 0.717) is 0 Å². The van der Waals surface area contributed by atoms with Gasteiger partial charge in [0.05, 0.1) is 5.69 Å². The number of aromatic nitrogens is 1. The molecule has 5 heteroatoms. The van der Waals surface area contributed by atoms with Crippen LogP contribution in [0.4, 0.5) is 10.1 Å². The third-order valence-electron chi connectivity index (χ3n) is 4.77. The molecule has 3 nitrogen and oxygen atoms in total. The van der Waals surface area contributed by atoms with Gasteiger partial charge in [-0.3, -0.25) is 4.90 Å². The highest BCUT2D eigenvalue weighted by atomic mass is 32.1. The van der Waals surface area contributed by atoms with Crippen LogP contribution in [0.3, 0.4) is 0 Å². The van der Waals surface area contributed by atoms with Gasteiger partial charge in [0.2, 0.25) is 0 Å². The third kappa shape index (κ3) is 3.94. The molecule has 0 N–H and O–H groups in total. The fourth-order valence-electron chi connectivity index (χ4n) is 3.34. The van der Waals surface area contributed by atoms with Gasteiger partial charge < -0.3 is 4.90 Å². The Hall–Kier alpha value is -2.24. The number of halogens is 1. The summed E-state index contributed by atoms with van der Waals surface area (Å²) >= 11 is 1.71. The zero-order valence-corrected chi connectivity index (χ0v) is 15.7. The highest BCUT2D eigenvalue weighted by Gasteiger charge is 2.18. The molecule has 2 heterocycles. The summed E-state index contributed by atoms with van der Waals surface area (Å²) in [6.07, 6.45) is 0. The summed E-state index contributed by atoms with van der Waals surface area (Å²) in [5, 5.41) is 3.26. The van der Waals surface area contributed by atoms with E-state index in [2.05, 4.69) is 46.4 Å². The van der Waals surface area contributed by atoms with Crippen molar-refractivity contribution in [2.45, 2.75) is 13.5 Å². The van der Waals surface area contributed by atoms with Gasteiger partial charge in [-0.15, -0.1) is 11.3 Å². The van der Waals surface area contributed by atoms with Gasteiger partial charge in [-0.05, 0) is 37.3 Å². The van der Waals surface area contributed by atoms with Crippen LogP contribution in [0.2, 0.25) is 0 Å². The zero-order valence-electron chi connectivity index (χ0n) is 14.9. The summed E-state index contributed by atoms with van der Waals surface area (Å²) in [6, 6.07) is 15.3. The predicted octanol–water partition coefficient (Wildman–Crippen LogP) is 4.58. The molecule has 3 aromatic rings. The Morgan fingerprint density at radius 1 is 1.04 bits per heavy atom. The molecule has 0 amide bonds. The Morgan fingerprint density at radius 3 is 2.54 bits per heavy atom. The van der Waals surface area contributed by atoms with E-state index in [9.17, 15) is 4.39 Å². The Kier molecular flexibility index (Phi) is 5.00. The average molecular weight is 367 g/mol. The van der Waals surface area contributed by atoms with Crippen molar-refractivity contribution in [3.05, 3.63) is 71.0 Å².